The lowest BCUT2D eigenvalue weighted by Crippen LogP contribution is -1.93. The number of rotatable bonds is 1. The van der Waals surface area contributed by atoms with Gasteiger partial charge in [-0.1, -0.05) is 17.7 Å². The second-order valence-electron chi connectivity index (χ2n) is 2.93. The Kier molecular flexibility index (Phi) is 1.58. The van der Waals surface area contributed by atoms with Crippen LogP contribution in [0.3, 0.4) is 0 Å². The molecule has 0 saturated heterocycles. The van der Waals surface area contributed by atoms with Crippen LogP contribution in [0.1, 0.15) is 17.9 Å². The highest BCUT2D eigenvalue weighted by Crippen LogP contribution is 2.55. The first-order chi connectivity index (χ1) is 5.59. The van der Waals surface area contributed by atoms with E-state index < -0.39 is 11.8 Å². The van der Waals surface area contributed by atoms with E-state index in [0.29, 0.717) is 10.7 Å². The van der Waals surface area contributed by atoms with Crippen LogP contribution in [0, 0.1) is 0 Å². The molecule has 1 aromatic heterocycles. The van der Waals surface area contributed by atoms with Crippen molar-refractivity contribution >= 4 is 11.6 Å². The minimum atomic E-state index is -2.52. The van der Waals surface area contributed by atoms with Crippen molar-refractivity contribution < 1.29 is 8.78 Å². The fourth-order valence-electron chi connectivity index (χ4n) is 1.17. The summed E-state index contributed by atoms with van der Waals surface area (Å²) in [6, 6.07) is 3.13. The summed E-state index contributed by atoms with van der Waals surface area (Å²) in [5, 5.41) is 0.336. The SMILES string of the molecule is FC1(F)CC1c1ccc(Cl)nc1. The van der Waals surface area contributed by atoms with Crippen LogP contribution in [-0.2, 0) is 0 Å². The van der Waals surface area contributed by atoms with Gasteiger partial charge in [0.25, 0.3) is 5.92 Å². The molecule has 0 spiro atoms. The minimum absolute atomic E-state index is 0.0592. The number of aromatic nitrogens is 1. The van der Waals surface area contributed by atoms with Crippen LogP contribution in [0.5, 0.6) is 0 Å². The van der Waals surface area contributed by atoms with Gasteiger partial charge in [0.05, 0.1) is 5.92 Å². The Morgan fingerprint density at radius 3 is 2.58 bits per heavy atom. The number of halogens is 3. The zero-order valence-electron chi connectivity index (χ0n) is 6.10. The molecule has 1 unspecified atom stereocenters. The van der Waals surface area contributed by atoms with Crippen molar-refractivity contribution in [2.24, 2.45) is 0 Å². The van der Waals surface area contributed by atoms with E-state index in [-0.39, 0.29) is 6.42 Å². The van der Waals surface area contributed by atoms with Crippen molar-refractivity contribution in [1.29, 1.82) is 0 Å². The number of hydrogen-bond acceptors (Lipinski definition) is 1. The van der Waals surface area contributed by atoms with Gasteiger partial charge in [0, 0.05) is 12.6 Å². The van der Waals surface area contributed by atoms with E-state index in [1.54, 1.807) is 6.07 Å². The predicted molar refractivity (Wildman–Crippen MR) is 41.6 cm³/mol. The van der Waals surface area contributed by atoms with Gasteiger partial charge < -0.3 is 0 Å². The third-order valence-corrected chi connectivity index (χ3v) is 2.20. The Morgan fingerprint density at radius 1 is 1.50 bits per heavy atom. The van der Waals surface area contributed by atoms with Crippen molar-refractivity contribution in [3.8, 4) is 0 Å². The Labute approximate surface area is 73.4 Å². The molecule has 1 aliphatic rings. The monoisotopic (exact) mass is 189 g/mol. The van der Waals surface area contributed by atoms with Gasteiger partial charge in [0.2, 0.25) is 0 Å². The molecule has 0 radical (unpaired) electrons. The number of alkyl halides is 2. The summed E-state index contributed by atoms with van der Waals surface area (Å²) in [5.41, 5.74) is 0.574. The van der Waals surface area contributed by atoms with Crippen molar-refractivity contribution in [2.75, 3.05) is 0 Å². The molecule has 1 aromatic rings. The van der Waals surface area contributed by atoms with E-state index in [0.717, 1.165) is 0 Å². The Balaban J connectivity index is 2.21. The lowest BCUT2D eigenvalue weighted by Gasteiger charge is -1.97. The Morgan fingerprint density at radius 2 is 2.17 bits per heavy atom. The Hall–Kier alpha value is -0.700. The van der Waals surface area contributed by atoms with Gasteiger partial charge in [-0.2, -0.15) is 0 Å². The molecule has 0 bridgehead atoms. The Bertz CT molecular complexity index is 296. The van der Waals surface area contributed by atoms with Crippen LogP contribution in [0.15, 0.2) is 18.3 Å². The van der Waals surface area contributed by atoms with Gasteiger partial charge in [-0.15, -0.1) is 0 Å². The van der Waals surface area contributed by atoms with Gasteiger partial charge in [-0.05, 0) is 11.6 Å². The van der Waals surface area contributed by atoms with E-state index in [9.17, 15) is 8.78 Å². The van der Waals surface area contributed by atoms with Gasteiger partial charge in [0.15, 0.2) is 0 Å². The van der Waals surface area contributed by atoms with Crippen molar-refractivity contribution in [3.63, 3.8) is 0 Å². The summed E-state index contributed by atoms with van der Waals surface area (Å²) in [5.74, 6) is -3.16. The zero-order valence-corrected chi connectivity index (χ0v) is 6.85. The topological polar surface area (TPSA) is 12.9 Å². The molecule has 0 aromatic carbocycles. The molecule has 1 aliphatic carbocycles. The van der Waals surface area contributed by atoms with Crippen LogP contribution in [0.25, 0.3) is 0 Å². The summed E-state index contributed by atoms with van der Waals surface area (Å²) in [4.78, 5) is 3.74. The first-order valence-electron chi connectivity index (χ1n) is 3.59. The van der Waals surface area contributed by atoms with Crippen molar-refractivity contribution in [2.45, 2.75) is 18.3 Å². The first kappa shape index (κ1) is 7.92. The maximum atomic E-state index is 12.5. The molecule has 1 fully saturated rings. The van der Waals surface area contributed by atoms with Crippen LogP contribution in [-0.4, -0.2) is 10.9 Å². The molecule has 2 rings (SSSR count). The molecule has 12 heavy (non-hydrogen) atoms. The van der Waals surface area contributed by atoms with E-state index in [4.69, 9.17) is 11.6 Å². The molecule has 1 heterocycles. The molecular weight excluding hydrogens is 184 g/mol. The van der Waals surface area contributed by atoms with E-state index in [2.05, 4.69) is 4.98 Å². The van der Waals surface area contributed by atoms with Crippen molar-refractivity contribution in [3.05, 3.63) is 29.0 Å². The molecule has 1 nitrogen and oxygen atoms in total. The average molecular weight is 190 g/mol. The normalized spacial score (nSPS) is 25.4. The highest BCUT2D eigenvalue weighted by atomic mass is 35.5. The quantitative estimate of drug-likeness (QED) is 0.619. The molecule has 1 atom stereocenters. The summed E-state index contributed by atoms with van der Waals surface area (Å²) in [6.45, 7) is 0. The van der Waals surface area contributed by atoms with Crippen LogP contribution in [0.2, 0.25) is 5.15 Å². The van der Waals surface area contributed by atoms with Crippen LogP contribution in [0.4, 0.5) is 8.78 Å². The molecular formula is C8H6ClF2N. The second kappa shape index (κ2) is 2.39. The summed E-state index contributed by atoms with van der Waals surface area (Å²) < 4.78 is 25.0. The highest BCUT2D eigenvalue weighted by molar-refractivity contribution is 6.29. The first-order valence-corrected chi connectivity index (χ1v) is 3.97. The minimum Gasteiger partial charge on any atom is -0.244 e. The molecule has 0 aliphatic heterocycles. The number of nitrogens with zero attached hydrogens (tertiary/aromatic N) is 1. The lowest BCUT2D eigenvalue weighted by atomic mass is 10.2. The lowest BCUT2D eigenvalue weighted by molar-refractivity contribution is 0.112. The maximum Gasteiger partial charge on any atom is 0.255 e. The molecule has 64 valence electrons. The zero-order chi connectivity index (χ0) is 8.77. The fraction of sp³-hybridized carbons (Fsp3) is 0.375. The standard InChI is InChI=1S/C8H6ClF2N/c9-7-2-1-5(4-12-7)6-3-8(6,10)11/h1-2,4,6H,3H2. The molecule has 1 saturated carbocycles. The summed E-state index contributed by atoms with van der Waals surface area (Å²) in [6.07, 6.45) is 1.35. The van der Waals surface area contributed by atoms with Gasteiger partial charge in [-0.3, -0.25) is 0 Å². The third-order valence-electron chi connectivity index (χ3n) is 1.98. The average Bonchev–Trinajstić information content (AvgIpc) is 2.61. The molecule has 0 amide bonds. The second-order valence-corrected chi connectivity index (χ2v) is 3.32. The van der Waals surface area contributed by atoms with Crippen LogP contribution >= 0.6 is 11.6 Å². The number of hydrogen-bond donors (Lipinski definition) is 0. The van der Waals surface area contributed by atoms with E-state index >= 15 is 0 Å². The van der Waals surface area contributed by atoms with Crippen molar-refractivity contribution in [1.82, 2.24) is 4.98 Å². The van der Waals surface area contributed by atoms with Gasteiger partial charge >= 0.3 is 0 Å². The third kappa shape index (κ3) is 1.29. The molecule has 0 N–H and O–H groups in total. The van der Waals surface area contributed by atoms with Gasteiger partial charge in [0.1, 0.15) is 5.15 Å². The molecule has 4 heteroatoms. The van der Waals surface area contributed by atoms with E-state index in [1.165, 1.54) is 12.3 Å². The summed E-state index contributed by atoms with van der Waals surface area (Å²) >= 11 is 5.51. The van der Waals surface area contributed by atoms with E-state index in [1.807, 2.05) is 0 Å². The largest absolute Gasteiger partial charge is 0.255 e. The van der Waals surface area contributed by atoms with Crippen LogP contribution < -0.4 is 0 Å². The highest BCUT2D eigenvalue weighted by Gasteiger charge is 2.57. The summed E-state index contributed by atoms with van der Waals surface area (Å²) in [7, 11) is 0. The smallest absolute Gasteiger partial charge is 0.244 e. The predicted octanol–water partition coefficient (Wildman–Crippen LogP) is 2.86. The van der Waals surface area contributed by atoms with Gasteiger partial charge in [-0.25, -0.2) is 13.8 Å². The fourth-order valence-corrected chi connectivity index (χ4v) is 1.28. The maximum absolute atomic E-state index is 12.5. The number of pyridine rings is 1.